The van der Waals surface area contributed by atoms with Crippen LogP contribution in [0.5, 0.6) is 11.5 Å². The van der Waals surface area contributed by atoms with Crippen LogP contribution in [0.15, 0.2) is 21.5 Å². The van der Waals surface area contributed by atoms with E-state index >= 15 is 0 Å². The molecule has 5 nitrogen and oxygen atoms in total. The second-order valence-corrected chi connectivity index (χ2v) is 7.19. The highest BCUT2D eigenvalue weighted by atomic mass is 79.9. The monoisotopic (exact) mass is 423 g/mol. The molecule has 0 N–H and O–H groups in total. The molecule has 7 heteroatoms. The normalized spacial score (nSPS) is 16.9. The number of carbonyl (C=O) groups excluding carboxylic acids is 2. The molecule has 132 valence electrons. The predicted molar refractivity (Wildman–Crippen MR) is 103 cm³/mol. The molecule has 0 radical (unpaired) electrons. The van der Waals surface area contributed by atoms with Crippen LogP contribution in [0.1, 0.15) is 25.8 Å². The number of carbonyl (C=O) groups is 2. The lowest BCUT2D eigenvalue weighted by Crippen LogP contribution is -2.28. The standard InChI is InChI=1S/C18H18BrNO4S/c1-5-7-20-17(21)15(25-18(20)22)10-12-8-13(19)16(14(9-12)23-4)24-11(3)6-2/h1,8-11H,6-7H2,2-4H3/b15-10+. The third kappa shape index (κ3) is 4.39. The SMILES string of the molecule is C#CCN1C(=O)S/C(=C/c2cc(Br)c(OC(C)CC)c(OC)c2)C1=O. The molecule has 2 rings (SSSR count). The summed E-state index contributed by atoms with van der Waals surface area (Å²) in [5, 5.41) is -0.364. The summed E-state index contributed by atoms with van der Waals surface area (Å²) in [5.41, 5.74) is 0.714. The van der Waals surface area contributed by atoms with Crippen LogP contribution in [0.2, 0.25) is 0 Å². The van der Waals surface area contributed by atoms with Crippen molar-refractivity contribution in [1.29, 1.82) is 0 Å². The lowest BCUT2D eigenvalue weighted by atomic mass is 10.1. The van der Waals surface area contributed by atoms with Gasteiger partial charge in [0.2, 0.25) is 0 Å². The zero-order valence-corrected chi connectivity index (χ0v) is 16.6. The van der Waals surface area contributed by atoms with E-state index in [2.05, 4.69) is 21.9 Å². The molecule has 0 saturated carbocycles. The number of terminal acetylenes is 1. The summed E-state index contributed by atoms with van der Waals surface area (Å²) in [5.74, 6) is 3.08. The molecule has 1 aromatic rings. The van der Waals surface area contributed by atoms with Crippen molar-refractivity contribution >= 4 is 44.9 Å². The number of hydrogen-bond acceptors (Lipinski definition) is 5. The van der Waals surface area contributed by atoms with Crippen molar-refractivity contribution in [2.24, 2.45) is 0 Å². The first-order chi connectivity index (χ1) is 11.9. The van der Waals surface area contributed by atoms with E-state index in [0.29, 0.717) is 26.4 Å². The number of methoxy groups -OCH3 is 1. The van der Waals surface area contributed by atoms with Gasteiger partial charge in [-0.15, -0.1) is 6.42 Å². The number of rotatable bonds is 6. The van der Waals surface area contributed by atoms with Crippen LogP contribution in [0, 0.1) is 12.3 Å². The zero-order valence-electron chi connectivity index (χ0n) is 14.2. The van der Waals surface area contributed by atoms with Crippen LogP contribution in [0.3, 0.4) is 0 Å². The van der Waals surface area contributed by atoms with E-state index in [0.717, 1.165) is 23.1 Å². The highest BCUT2D eigenvalue weighted by molar-refractivity contribution is 9.10. The maximum atomic E-state index is 12.3. The fourth-order valence-corrected chi connectivity index (χ4v) is 3.49. The third-order valence-corrected chi connectivity index (χ3v) is 5.06. The topological polar surface area (TPSA) is 55.8 Å². The molecule has 1 unspecified atom stereocenters. The van der Waals surface area contributed by atoms with E-state index in [1.54, 1.807) is 19.3 Å². The lowest BCUT2D eigenvalue weighted by molar-refractivity contribution is -0.122. The first-order valence-corrected chi connectivity index (χ1v) is 9.25. The molecule has 1 saturated heterocycles. The van der Waals surface area contributed by atoms with Crippen molar-refractivity contribution in [3.8, 4) is 23.8 Å². The molecular formula is C18H18BrNO4S. The molecule has 1 fully saturated rings. The molecule has 0 bridgehead atoms. The number of nitrogens with zero attached hydrogens (tertiary/aromatic N) is 1. The minimum absolute atomic E-state index is 0.0310. The summed E-state index contributed by atoms with van der Waals surface area (Å²) in [6, 6.07) is 3.58. The summed E-state index contributed by atoms with van der Waals surface area (Å²) < 4.78 is 12.0. The highest BCUT2D eigenvalue weighted by Crippen LogP contribution is 2.39. The van der Waals surface area contributed by atoms with Crippen LogP contribution in [-0.4, -0.2) is 35.8 Å². The van der Waals surface area contributed by atoms with Gasteiger partial charge in [0.25, 0.3) is 11.1 Å². The van der Waals surface area contributed by atoms with Gasteiger partial charge in [0.1, 0.15) is 0 Å². The van der Waals surface area contributed by atoms with Gasteiger partial charge in [0, 0.05) is 0 Å². The van der Waals surface area contributed by atoms with Gasteiger partial charge < -0.3 is 9.47 Å². The first-order valence-electron chi connectivity index (χ1n) is 7.64. The van der Waals surface area contributed by atoms with Crippen LogP contribution < -0.4 is 9.47 Å². The molecule has 1 aliphatic rings. The maximum absolute atomic E-state index is 12.3. The van der Waals surface area contributed by atoms with Gasteiger partial charge in [-0.05, 0) is 64.8 Å². The molecule has 0 aliphatic carbocycles. The number of amides is 2. The number of halogens is 1. The minimum atomic E-state index is -0.386. The van der Waals surface area contributed by atoms with Crippen molar-refractivity contribution in [3.63, 3.8) is 0 Å². The van der Waals surface area contributed by atoms with E-state index in [-0.39, 0.29) is 23.8 Å². The van der Waals surface area contributed by atoms with Crippen LogP contribution in [0.4, 0.5) is 4.79 Å². The van der Waals surface area contributed by atoms with Crippen LogP contribution >= 0.6 is 27.7 Å². The number of ether oxygens (including phenoxy) is 2. The van der Waals surface area contributed by atoms with E-state index in [1.807, 2.05) is 19.9 Å². The second-order valence-electron chi connectivity index (χ2n) is 5.34. The number of imide groups is 1. The van der Waals surface area contributed by atoms with Crippen LogP contribution in [0.25, 0.3) is 6.08 Å². The molecular weight excluding hydrogens is 406 g/mol. The van der Waals surface area contributed by atoms with Crippen molar-refractivity contribution < 1.29 is 19.1 Å². The zero-order chi connectivity index (χ0) is 18.6. The van der Waals surface area contributed by atoms with Gasteiger partial charge in [0.15, 0.2) is 11.5 Å². The Kier molecular flexibility index (Phi) is 6.57. The quantitative estimate of drug-likeness (QED) is 0.504. The van der Waals surface area contributed by atoms with E-state index in [9.17, 15) is 9.59 Å². The maximum Gasteiger partial charge on any atom is 0.294 e. The van der Waals surface area contributed by atoms with Gasteiger partial charge in [-0.1, -0.05) is 12.8 Å². The van der Waals surface area contributed by atoms with Gasteiger partial charge in [-0.25, -0.2) is 0 Å². The Bertz CT molecular complexity index is 769. The van der Waals surface area contributed by atoms with E-state index in [4.69, 9.17) is 15.9 Å². The summed E-state index contributed by atoms with van der Waals surface area (Å²) in [7, 11) is 1.55. The van der Waals surface area contributed by atoms with E-state index < -0.39 is 0 Å². The predicted octanol–water partition coefficient (Wildman–Crippen LogP) is 4.30. The molecule has 2 amide bonds. The average Bonchev–Trinajstić information content (AvgIpc) is 2.84. The van der Waals surface area contributed by atoms with Gasteiger partial charge in [-0.3, -0.25) is 14.5 Å². The van der Waals surface area contributed by atoms with Gasteiger partial charge in [0.05, 0.1) is 29.1 Å². The lowest BCUT2D eigenvalue weighted by Gasteiger charge is -2.17. The highest BCUT2D eigenvalue weighted by Gasteiger charge is 2.34. The second kappa shape index (κ2) is 8.45. The largest absolute Gasteiger partial charge is 0.493 e. The molecule has 0 spiro atoms. The Morgan fingerprint density at radius 1 is 1.44 bits per heavy atom. The fourth-order valence-electron chi connectivity index (χ4n) is 2.10. The van der Waals surface area contributed by atoms with Gasteiger partial charge >= 0.3 is 0 Å². The Labute approximate surface area is 159 Å². The molecule has 1 aliphatic heterocycles. The fraction of sp³-hybridized carbons (Fsp3) is 0.333. The van der Waals surface area contributed by atoms with Gasteiger partial charge in [-0.2, -0.15) is 0 Å². The Hall–Kier alpha value is -1.91. The summed E-state index contributed by atoms with van der Waals surface area (Å²) in [6.45, 7) is 3.98. The number of benzene rings is 1. The summed E-state index contributed by atoms with van der Waals surface area (Å²) >= 11 is 4.35. The first kappa shape index (κ1) is 19.4. The number of thioether (sulfide) groups is 1. The Morgan fingerprint density at radius 3 is 2.76 bits per heavy atom. The molecule has 1 aromatic carbocycles. The smallest absolute Gasteiger partial charge is 0.294 e. The van der Waals surface area contributed by atoms with Crippen LogP contribution in [-0.2, 0) is 4.79 Å². The summed E-state index contributed by atoms with van der Waals surface area (Å²) in [6.07, 6.45) is 7.73. The van der Waals surface area contributed by atoms with Crippen molar-refractivity contribution in [3.05, 3.63) is 27.1 Å². The molecule has 25 heavy (non-hydrogen) atoms. The molecule has 0 aromatic heterocycles. The minimum Gasteiger partial charge on any atom is -0.493 e. The molecule has 1 atom stereocenters. The number of hydrogen-bond donors (Lipinski definition) is 0. The Morgan fingerprint density at radius 2 is 2.16 bits per heavy atom. The average molecular weight is 424 g/mol. The van der Waals surface area contributed by atoms with Crippen molar-refractivity contribution in [2.45, 2.75) is 26.4 Å². The molecule has 1 heterocycles. The summed E-state index contributed by atoms with van der Waals surface area (Å²) in [4.78, 5) is 25.5. The van der Waals surface area contributed by atoms with Crippen molar-refractivity contribution in [1.82, 2.24) is 4.90 Å². The Balaban J connectivity index is 2.35. The third-order valence-electron chi connectivity index (χ3n) is 3.57. The van der Waals surface area contributed by atoms with Crippen molar-refractivity contribution in [2.75, 3.05) is 13.7 Å². The van der Waals surface area contributed by atoms with E-state index in [1.165, 1.54) is 0 Å².